The zero-order chi connectivity index (χ0) is 49.7. The van der Waals surface area contributed by atoms with Gasteiger partial charge in [-0.2, -0.15) is 10.1 Å². The molecule has 71 heavy (non-hydrogen) atoms. The minimum absolute atomic E-state index is 0.0183. The Balaban J connectivity index is 0.790. The van der Waals surface area contributed by atoms with Crippen molar-refractivity contribution in [1.82, 2.24) is 34.9 Å². The second kappa shape index (κ2) is 19.9. The van der Waals surface area contributed by atoms with Crippen LogP contribution in [0.25, 0.3) is 11.1 Å². The van der Waals surface area contributed by atoms with Crippen LogP contribution in [0.3, 0.4) is 0 Å². The molecule has 3 N–H and O–H groups in total. The van der Waals surface area contributed by atoms with Crippen molar-refractivity contribution in [1.29, 1.82) is 0 Å². The Morgan fingerprint density at radius 2 is 1.59 bits per heavy atom. The molecular weight excluding hydrogens is 1000 g/mol. The van der Waals surface area contributed by atoms with Gasteiger partial charge in [0.25, 0.3) is 0 Å². The molecule has 10 rings (SSSR count). The van der Waals surface area contributed by atoms with Crippen LogP contribution in [-0.4, -0.2) is 125 Å². The van der Waals surface area contributed by atoms with Crippen molar-refractivity contribution in [3.05, 3.63) is 88.5 Å². The van der Waals surface area contributed by atoms with Gasteiger partial charge in [-0.1, -0.05) is 0 Å². The fourth-order valence-electron chi connectivity index (χ4n) is 10.3. The van der Waals surface area contributed by atoms with Crippen LogP contribution in [0.1, 0.15) is 56.4 Å². The van der Waals surface area contributed by atoms with Gasteiger partial charge in [-0.25, -0.2) is 18.2 Å². The van der Waals surface area contributed by atoms with Gasteiger partial charge in [-0.05, 0) is 104 Å². The van der Waals surface area contributed by atoms with Gasteiger partial charge in [-0.15, -0.1) is 0 Å². The van der Waals surface area contributed by atoms with Gasteiger partial charge in [0, 0.05) is 124 Å². The summed E-state index contributed by atoms with van der Waals surface area (Å²) in [6, 6.07) is 11.1. The summed E-state index contributed by atoms with van der Waals surface area (Å²) in [5.74, 6) is -3.23. The van der Waals surface area contributed by atoms with Crippen LogP contribution in [-0.2, 0) is 26.0 Å². The fraction of sp³-hybridized carbons (Fsp3) is 0.440. The Labute approximate surface area is 418 Å². The topological polar surface area (TPSA) is 170 Å². The van der Waals surface area contributed by atoms with Gasteiger partial charge in [0.15, 0.2) is 0 Å². The largest absolute Gasteiger partial charge is 0.488 e. The molecule has 6 heterocycles. The van der Waals surface area contributed by atoms with Crippen molar-refractivity contribution in [3.63, 3.8) is 0 Å². The molecule has 1 aliphatic carbocycles. The number of carbonyl (C=O) groups excluding carboxylic acids is 3. The highest BCUT2D eigenvalue weighted by Crippen LogP contribution is 2.44. The third kappa shape index (κ3) is 10.7. The summed E-state index contributed by atoms with van der Waals surface area (Å²) >= 11 is 3.54. The summed E-state index contributed by atoms with van der Waals surface area (Å²) in [6.07, 6.45) is 9.95. The van der Waals surface area contributed by atoms with E-state index in [0.29, 0.717) is 77.0 Å². The number of piperazine rings is 1. The number of anilines is 6. The molecule has 16 nitrogen and oxygen atoms in total. The van der Waals surface area contributed by atoms with Crippen molar-refractivity contribution in [2.75, 3.05) is 86.1 Å². The van der Waals surface area contributed by atoms with Crippen molar-refractivity contribution >= 4 is 80.6 Å². The maximum Gasteiger partial charge on any atom is 0.234 e. The van der Waals surface area contributed by atoms with E-state index < -0.39 is 42.3 Å². The molecule has 1 saturated carbocycles. The number of aryl methyl sites for hydroxylation is 1. The number of carbonyl (C=O) groups is 3. The van der Waals surface area contributed by atoms with Crippen LogP contribution < -0.4 is 35.8 Å². The first-order valence-electron chi connectivity index (χ1n) is 24.2. The summed E-state index contributed by atoms with van der Waals surface area (Å²) in [5, 5.41) is 13.7. The maximum atomic E-state index is 15.4. The lowest BCUT2D eigenvalue weighted by atomic mass is 9.89. The number of aromatic nitrogens is 4. The lowest BCUT2D eigenvalue weighted by Crippen LogP contribution is -2.55. The molecule has 5 fully saturated rings. The van der Waals surface area contributed by atoms with Crippen LogP contribution >= 0.6 is 23.1 Å². The Hall–Kier alpha value is -5.98. The summed E-state index contributed by atoms with van der Waals surface area (Å²) < 4.78 is 67.0. The number of ether oxygens (including phenoxy) is 1. The van der Waals surface area contributed by atoms with E-state index >= 15 is 8.78 Å². The van der Waals surface area contributed by atoms with Gasteiger partial charge >= 0.3 is 0 Å². The van der Waals surface area contributed by atoms with Crippen molar-refractivity contribution in [2.24, 2.45) is 13.0 Å². The molecule has 21 heteroatoms. The van der Waals surface area contributed by atoms with Gasteiger partial charge < -0.3 is 34.6 Å². The monoisotopic (exact) mass is 1060 g/mol. The van der Waals surface area contributed by atoms with E-state index in [1.807, 2.05) is 29.2 Å². The number of piperidine rings is 2. The van der Waals surface area contributed by atoms with Gasteiger partial charge in [-0.3, -0.25) is 29.3 Å². The molecule has 0 radical (unpaired) electrons. The highest BCUT2D eigenvalue weighted by atomic mass is 79.9. The van der Waals surface area contributed by atoms with Crippen LogP contribution in [0.2, 0.25) is 0 Å². The zero-order valence-corrected chi connectivity index (χ0v) is 42.2. The average molecular weight is 1060 g/mol. The van der Waals surface area contributed by atoms with Crippen LogP contribution in [0.5, 0.6) is 5.75 Å². The molecule has 2 atom stereocenters. The molecule has 4 saturated heterocycles. The molecule has 5 aromatic rings. The molecule has 0 bridgehead atoms. The maximum absolute atomic E-state index is 15.4. The molecular formula is C50H56BrF3N11O5P. The Morgan fingerprint density at radius 3 is 2.27 bits per heavy atom. The first-order valence-corrected chi connectivity index (χ1v) is 27.5. The van der Waals surface area contributed by atoms with E-state index in [1.165, 1.54) is 24.3 Å². The molecule has 3 aromatic carbocycles. The second-order valence-corrected chi connectivity index (χ2v) is 23.6. The predicted molar refractivity (Wildman–Crippen MR) is 269 cm³/mol. The normalized spacial score (nSPS) is 20.4. The number of hydrogen-bond acceptors (Lipinski definition) is 13. The quantitative estimate of drug-likeness (QED) is 0.0784. The molecule has 374 valence electrons. The average Bonchev–Trinajstić information content (AvgIpc) is 3.82. The van der Waals surface area contributed by atoms with Gasteiger partial charge in [0.05, 0.1) is 40.0 Å². The highest BCUT2D eigenvalue weighted by Gasteiger charge is 2.38. The van der Waals surface area contributed by atoms with Crippen LogP contribution in [0, 0.1) is 23.4 Å². The first kappa shape index (κ1) is 48.6. The van der Waals surface area contributed by atoms with E-state index in [4.69, 9.17) is 9.72 Å². The van der Waals surface area contributed by atoms with E-state index in [2.05, 4.69) is 63.9 Å². The van der Waals surface area contributed by atoms with Gasteiger partial charge in [0.1, 0.15) is 36.2 Å². The van der Waals surface area contributed by atoms with E-state index in [9.17, 15) is 23.3 Å². The van der Waals surface area contributed by atoms with Crippen LogP contribution in [0.4, 0.5) is 47.7 Å². The summed E-state index contributed by atoms with van der Waals surface area (Å²) in [5.41, 5.74) is 4.09. The smallest absolute Gasteiger partial charge is 0.234 e. The first-order chi connectivity index (χ1) is 34.0. The molecule has 5 aliphatic rings. The number of benzene rings is 3. The van der Waals surface area contributed by atoms with E-state index in [-0.39, 0.29) is 42.3 Å². The third-order valence-electron chi connectivity index (χ3n) is 14.2. The van der Waals surface area contributed by atoms with Crippen molar-refractivity contribution in [3.8, 4) is 16.9 Å². The number of nitrogens with zero attached hydrogens (tertiary/aromatic N) is 8. The lowest BCUT2D eigenvalue weighted by molar-refractivity contribution is -0.137. The predicted octanol–water partition coefficient (Wildman–Crippen LogP) is 7.49. The number of imide groups is 1. The summed E-state index contributed by atoms with van der Waals surface area (Å²) in [7, 11) is -0.963. The van der Waals surface area contributed by atoms with Gasteiger partial charge in [0.2, 0.25) is 23.7 Å². The van der Waals surface area contributed by atoms with Crippen molar-refractivity contribution in [2.45, 2.75) is 63.0 Å². The standard InChI is InChI=1S/C50H56BrF3N11O5P/c1-61-27-30(25-56-61)36-23-41(58-50-55-26-37(51)47(60-50)57-40-8-4-31(52)20-44(40)71(2,3)69)43(70-34-5-6-34)24-42(36)63-14-11-32(12-15-63)62-16-18-64(19-17-62)49(68)29-10-13-65(28-29)33-21-38(53)46(39(54)22-33)35-7-9-45(66)59-48(35)67/h4,8,20-27,29,32,34-35H,5-7,9-19,28H2,1-3H3,(H,59,66,67)(H2,55,57,58,60)/t29-,35?/m1/s1. The Bertz CT molecular complexity index is 2910. The summed E-state index contributed by atoms with van der Waals surface area (Å²) in [6.45, 7) is 8.34. The number of halogens is 4. The minimum atomic E-state index is -2.85. The SMILES string of the molecule is Cn1cc(-c2cc(Nc3ncc(Br)c(Nc4ccc(F)cc4P(C)(C)=O)n3)c(OC3CC3)cc2N2CCC(N3CCN(C(=O)[C@@H]4CCN(c5cc(F)c(C6CCC(=O)NC6=O)c(F)c5)C4)CC3)CC2)cn1. The third-order valence-corrected chi connectivity index (χ3v) is 16.3. The molecule has 0 spiro atoms. The fourth-order valence-corrected chi connectivity index (χ4v) is 11.7. The zero-order valence-electron chi connectivity index (χ0n) is 39.8. The Morgan fingerprint density at radius 1 is 0.859 bits per heavy atom. The Kier molecular flexibility index (Phi) is 13.6. The minimum Gasteiger partial charge on any atom is -0.488 e. The molecule has 1 unspecified atom stereocenters. The number of nitrogens with one attached hydrogen (secondary N) is 3. The highest BCUT2D eigenvalue weighted by molar-refractivity contribution is 9.10. The number of amides is 3. The van der Waals surface area contributed by atoms with Crippen molar-refractivity contribution < 1.29 is 36.9 Å². The van der Waals surface area contributed by atoms with E-state index in [1.54, 1.807) is 30.3 Å². The molecule has 4 aliphatic heterocycles. The summed E-state index contributed by atoms with van der Waals surface area (Å²) in [4.78, 5) is 55.8. The number of rotatable bonds is 13. The lowest BCUT2D eigenvalue weighted by Gasteiger charge is -2.44. The number of hydrogen-bond donors (Lipinski definition) is 3. The second-order valence-electron chi connectivity index (χ2n) is 19.6. The van der Waals surface area contributed by atoms with Crippen LogP contribution in [0.15, 0.2) is 65.5 Å². The van der Waals surface area contributed by atoms with E-state index in [0.717, 1.165) is 68.7 Å². The molecule has 2 aromatic heterocycles. The molecule has 3 amide bonds.